The van der Waals surface area contributed by atoms with E-state index in [0.29, 0.717) is 12.1 Å². The Balaban J connectivity index is 2.71. The molecule has 1 N–H and O–H groups in total. The maximum absolute atomic E-state index is 11.5. The molecule has 0 saturated carbocycles. The zero-order valence-electron chi connectivity index (χ0n) is 8.77. The van der Waals surface area contributed by atoms with Gasteiger partial charge in [0.2, 0.25) is 5.91 Å². The maximum Gasteiger partial charge on any atom is 0.240 e. The molecule has 1 aromatic rings. The van der Waals surface area contributed by atoms with Crippen LogP contribution in [0.2, 0.25) is 0 Å². The second-order valence-electron chi connectivity index (χ2n) is 3.44. The largest absolute Gasteiger partial charge is 0.508 e. The monoisotopic (exact) mass is 227 g/mol. The van der Waals surface area contributed by atoms with Gasteiger partial charge < -0.3 is 10.0 Å². The lowest BCUT2D eigenvalue weighted by molar-refractivity contribution is -0.129. The molecule has 1 amide bonds. The molecule has 0 radical (unpaired) electrons. The van der Waals surface area contributed by atoms with E-state index in [1.165, 1.54) is 4.90 Å². The minimum Gasteiger partial charge on any atom is -0.508 e. The summed E-state index contributed by atoms with van der Waals surface area (Å²) in [5.41, 5.74) is 0.714. The van der Waals surface area contributed by atoms with Crippen molar-refractivity contribution >= 4 is 17.5 Å². The maximum atomic E-state index is 11.5. The molecule has 1 rings (SSSR count). The summed E-state index contributed by atoms with van der Waals surface area (Å²) in [4.78, 5) is 13.0. The lowest BCUT2D eigenvalue weighted by Gasteiger charge is -2.18. The fraction of sp³-hybridized carbons (Fsp3) is 0.364. The van der Waals surface area contributed by atoms with Gasteiger partial charge in [-0.1, -0.05) is 18.2 Å². The van der Waals surface area contributed by atoms with Crippen molar-refractivity contribution in [1.82, 2.24) is 4.90 Å². The third kappa shape index (κ3) is 3.13. The van der Waals surface area contributed by atoms with E-state index in [9.17, 15) is 9.90 Å². The van der Waals surface area contributed by atoms with Gasteiger partial charge in [-0.2, -0.15) is 0 Å². The average molecular weight is 228 g/mol. The van der Waals surface area contributed by atoms with Crippen molar-refractivity contribution < 1.29 is 9.90 Å². The third-order valence-electron chi connectivity index (χ3n) is 2.12. The molecule has 82 valence electrons. The average Bonchev–Trinajstić information content (AvgIpc) is 2.20. The highest BCUT2D eigenvalue weighted by Crippen LogP contribution is 2.17. The lowest BCUT2D eigenvalue weighted by atomic mass is 10.2. The molecule has 4 heteroatoms. The summed E-state index contributed by atoms with van der Waals surface area (Å²) >= 11 is 5.68. The topological polar surface area (TPSA) is 40.5 Å². The number of phenolic OH excluding ortho intramolecular Hbond substituents is 1. The number of carbonyl (C=O) groups is 1. The fourth-order valence-corrected chi connectivity index (χ4v) is 1.45. The first-order valence-corrected chi connectivity index (χ1v) is 5.12. The molecule has 0 aliphatic rings. The molecule has 0 bridgehead atoms. The molecule has 1 aromatic carbocycles. The summed E-state index contributed by atoms with van der Waals surface area (Å²) in [6.45, 7) is 1.99. The van der Waals surface area contributed by atoms with Crippen molar-refractivity contribution in [1.29, 1.82) is 0 Å². The Morgan fingerprint density at radius 2 is 2.13 bits per heavy atom. The number of nitrogens with zero attached hydrogens (tertiary/aromatic N) is 1. The van der Waals surface area contributed by atoms with Crippen LogP contribution in [-0.2, 0) is 11.3 Å². The van der Waals surface area contributed by atoms with E-state index < -0.39 is 5.38 Å². The van der Waals surface area contributed by atoms with Gasteiger partial charge in [0.15, 0.2) is 0 Å². The third-order valence-corrected chi connectivity index (χ3v) is 2.30. The quantitative estimate of drug-likeness (QED) is 0.803. The lowest BCUT2D eigenvalue weighted by Crippen LogP contribution is -2.31. The molecule has 0 saturated heterocycles. The van der Waals surface area contributed by atoms with Crippen molar-refractivity contribution in [3.8, 4) is 5.75 Å². The van der Waals surface area contributed by atoms with Crippen LogP contribution in [0, 0.1) is 0 Å². The Morgan fingerprint density at radius 1 is 1.53 bits per heavy atom. The fourth-order valence-electron chi connectivity index (χ4n) is 1.28. The Bertz CT molecular complexity index is 352. The highest BCUT2D eigenvalue weighted by molar-refractivity contribution is 6.30. The van der Waals surface area contributed by atoms with Gasteiger partial charge in [0.25, 0.3) is 0 Å². The number of hydrogen-bond donors (Lipinski definition) is 1. The molecule has 3 nitrogen and oxygen atoms in total. The standard InChI is InChI=1S/C11H14ClNO2/c1-8(12)11(15)13(2)7-9-5-3-4-6-10(9)14/h3-6,8,14H,7H2,1-2H3. The number of carbonyl (C=O) groups excluding carboxylic acids is 1. The Morgan fingerprint density at radius 3 is 2.67 bits per heavy atom. The number of para-hydroxylation sites is 1. The van der Waals surface area contributed by atoms with Crippen molar-refractivity contribution in [2.45, 2.75) is 18.8 Å². The molecule has 15 heavy (non-hydrogen) atoms. The number of phenols is 1. The molecule has 0 heterocycles. The van der Waals surface area contributed by atoms with Crippen LogP contribution in [0.5, 0.6) is 5.75 Å². The minimum atomic E-state index is -0.541. The Hall–Kier alpha value is -1.22. The number of amides is 1. The number of benzene rings is 1. The number of halogens is 1. The van der Waals surface area contributed by atoms with Crippen LogP contribution in [0.4, 0.5) is 0 Å². The predicted octanol–water partition coefficient (Wildman–Crippen LogP) is 1.98. The molecule has 0 aliphatic heterocycles. The molecule has 0 aliphatic carbocycles. The SMILES string of the molecule is CC(Cl)C(=O)N(C)Cc1ccccc1O. The Kier molecular flexibility index (Phi) is 3.97. The normalized spacial score (nSPS) is 12.2. The number of alkyl halides is 1. The zero-order valence-corrected chi connectivity index (χ0v) is 9.53. The molecule has 0 aromatic heterocycles. The number of hydrogen-bond acceptors (Lipinski definition) is 2. The van der Waals surface area contributed by atoms with Crippen molar-refractivity contribution in [2.24, 2.45) is 0 Å². The molecular formula is C11H14ClNO2. The van der Waals surface area contributed by atoms with E-state index >= 15 is 0 Å². The molecule has 0 fully saturated rings. The number of aromatic hydroxyl groups is 1. The van der Waals surface area contributed by atoms with E-state index in [-0.39, 0.29) is 11.7 Å². The van der Waals surface area contributed by atoms with Gasteiger partial charge in [-0.15, -0.1) is 11.6 Å². The predicted molar refractivity (Wildman–Crippen MR) is 59.9 cm³/mol. The van der Waals surface area contributed by atoms with Gasteiger partial charge in [-0.3, -0.25) is 4.79 Å². The van der Waals surface area contributed by atoms with Crippen LogP contribution in [0.1, 0.15) is 12.5 Å². The van der Waals surface area contributed by atoms with Crippen LogP contribution in [0.25, 0.3) is 0 Å². The molecule has 1 atom stereocenters. The summed E-state index contributed by atoms with van der Waals surface area (Å²) in [7, 11) is 1.66. The highest BCUT2D eigenvalue weighted by Gasteiger charge is 2.15. The first kappa shape index (κ1) is 11.9. The number of rotatable bonds is 3. The van der Waals surface area contributed by atoms with Crippen LogP contribution in [0.15, 0.2) is 24.3 Å². The minimum absolute atomic E-state index is 0.153. The van der Waals surface area contributed by atoms with Crippen molar-refractivity contribution in [3.05, 3.63) is 29.8 Å². The molecule has 1 unspecified atom stereocenters. The molecular weight excluding hydrogens is 214 g/mol. The Labute approximate surface area is 94.3 Å². The van der Waals surface area contributed by atoms with E-state index in [0.717, 1.165) is 0 Å². The van der Waals surface area contributed by atoms with Gasteiger partial charge in [0.05, 0.1) is 0 Å². The van der Waals surface area contributed by atoms with Crippen LogP contribution < -0.4 is 0 Å². The summed E-state index contributed by atoms with van der Waals surface area (Å²) in [6, 6.07) is 6.93. The van der Waals surface area contributed by atoms with Gasteiger partial charge in [0.1, 0.15) is 11.1 Å². The van der Waals surface area contributed by atoms with E-state index in [4.69, 9.17) is 11.6 Å². The van der Waals surface area contributed by atoms with Gasteiger partial charge >= 0.3 is 0 Å². The van der Waals surface area contributed by atoms with Crippen LogP contribution >= 0.6 is 11.6 Å². The van der Waals surface area contributed by atoms with Crippen LogP contribution in [-0.4, -0.2) is 28.3 Å². The van der Waals surface area contributed by atoms with E-state index in [1.54, 1.807) is 32.2 Å². The first-order valence-electron chi connectivity index (χ1n) is 4.68. The van der Waals surface area contributed by atoms with E-state index in [2.05, 4.69) is 0 Å². The first-order chi connectivity index (χ1) is 7.02. The van der Waals surface area contributed by atoms with Crippen LogP contribution in [0.3, 0.4) is 0 Å². The summed E-state index contributed by atoms with van der Waals surface area (Å²) in [5, 5.41) is 8.97. The zero-order chi connectivity index (χ0) is 11.4. The van der Waals surface area contributed by atoms with Gasteiger partial charge in [0, 0.05) is 19.2 Å². The highest BCUT2D eigenvalue weighted by atomic mass is 35.5. The van der Waals surface area contributed by atoms with Gasteiger partial charge in [-0.05, 0) is 13.0 Å². The van der Waals surface area contributed by atoms with Gasteiger partial charge in [-0.25, -0.2) is 0 Å². The molecule has 0 spiro atoms. The van der Waals surface area contributed by atoms with Crippen molar-refractivity contribution in [3.63, 3.8) is 0 Å². The smallest absolute Gasteiger partial charge is 0.240 e. The summed E-state index contributed by atoms with van der Waals surface area (Å²) in [5.74, 6) is 0.0410. The van der Waals surface area contributed by atoms with Crippen molar-refractivity contribution in [2.75, 3.05) is 7.05 Å². The summed E-state index contributed by atoms with van der Waals surface area (Å²) in [6.07, 6.45) is 0. The second kappa shape index (κ2) is 5.03. The van der Waals surface area contributed by atoms with E-state index in [1.807, 2.05) is 6.07 Å². The summed E-state index contributed by atoms with van der Waals surface area (Å²) < 4.78 is 0. The second-order valence-corrected chi connectivity index (χ2v) is 4.09.